The van der Waals surface area contributed by atoms with Crippen LogP contribution in [0.2, 0.25) is 0 Å². The molecule has 0 atom stereocenters. The highest BCUT2D eigenvalue weighted by Gasteiger charge is 2.22. The number of rotatable bonds is 3. The Kier molecular flexibility index (Phi) is 3.95. The fourth-order valence-corrected chi connectivity index (χ4v) is 3.23. The second-order valence-electron chi connectivity index (χ2n) is 6.36. The molecule has 0 amide bonds. The molecule has 1 aliphatic rings. The van der Waals surface area contributed by atoms with Crippen molar-refractivity contribution in [3.63, 3.8) is 0 Å². The van der Waals surface area contributed by atoms with Crippen LogP contribution < -0.4 is 9.80 Å². The van der Waals surface area contributed by atoms with E-state index in [1.165, 1.54) is 0 Å². The van der Waals surface area contributed by atoms with E-state index in [-0.39, 0.29) is 0 Å². The lowest BCUT2D eigenvalue weighted by Gasteiger charge is -2.36. The van der Waals surface area contributed by atoms with Crippen LogP contribution in [-0.4, -0.2) is 55.7 Å². The van der Waals surface area contributed by atoms with E-state index in [0.29, 0.717) is 5.78 Å². The molecule has 4 heterocycles. The van der Waals surface area contributed by atoms with Crippen molar-refractivity contribution in [2.75, 3.05) is 36.0 Å². The zero-order valence-electron chi connectivity index (χ0n) is 14.8. The molecule has 0 unspecified atom stereocenters. The summed E-state index contributed by atoms with van der Waals surface area (Å²) in [5, 5.41) is 4.33. The van der Waals surface area contributed by atoms with Crippen molar-refractivity contribution < 1.29 is 0 Å². The minimum absolute atomic E-state index is 0.662. The van der Waals surface area contributed by atoms with Crippen molar-refractivity contribution in [1.29, 1.82) is 0 Å². The summed E-state index contributed by atoms with van der Waals surface area (Å²) in [6, 6.07) is 4.12. The van der Waals surface area contributed by atoms with Crippen LogP contribution in [0.1, 0.15) is 24.0 Å². The maximum atomic E-state index is 4.58. The average molecular weight is 338 g/mol. The summed E-state index contributed by atoms with van der Waals surface area (Å²) < 4.78 is 1.82. The quantitative estimate of drug-likeness (QED) is 0.715. The average Bonchev–Trinajstić information content (AvgIpc) is 3.08. The Morgan fingerprint density at radius 3 is 2.28 bits per heavy atom. The van der Waals surface area contributed by atoms with Crippen molar-refractivity contribution in [2.45, 2.75) is 27.2 Å². The van der Waals surface area contributed by atoms with E-state index in [9.17, 15) is 0 Å². The second kappa shape index (κ2) is 6.27. The Hall–Kier alpha value is -2.77. The maximum Gasteiger partial charge on any atom is 0.254 e. The van der Waals surface area contributed by atoms with Gasteiger partial charge in [-0.1, -0.05) is 6.92 Å². The van der Waals surface area contributed by atoms with Gasteiger partial charge in [0.2, 0.25) is 5.95 Å². The molecule has 1 aliphatic heterocycles. The number of piperazine rings is 1. The lowest BCUT2D eigenvalue weighted by atomic mass is 10.2. The largest absolute Gasteiger partial charge is 0.353 e. The van der Waals surface area contributed by atoms with E-state index in [2.05, 4.69) is 47.8 Å². The number of hydrogen-bond donors (Lipinski definition) is 0. The third-order valence-corrected chi connectivity index (χ3v) is 4.51. The van der Waals surface area contributed by atoms with Gasteiger partial charge in [0.05, 0.1) is 0 Å². The molecular formula is C17H22N8. The lowest BCUT2D eigenvalue weighted by molar-refractivity contribution is 0.624. The highest BCUT2D eigenvalue weighted by Crippen LogP contribution is 2.20. The molecule has 8 heteroatoms. The Balaban J connectivity index is 1.57. The van der Waals surface area contributed by atoms with Gasteiger partial charge in [-0.3, -0.25) is 0 Å². The molecule has 8 nitrogen and oxygen atoms in total. The van der Waals surface area contributed by atoms with E-state index in [1.54, 1.807) is 6.33 Å². The molecule has 1 fully saturated rings. The molecule has 130 valence electrons. The van der Waals surface area contributed by atoms with Crippen molar-refractivity contribution in [1.82, 2.24) is 29.5 Å². The zero-order valence-corrected chi connectivity index (χ0v) is 14.8. The minimum Gasteiger partial charge on any atom is -0.353 e. The lowest BCUT2D eigenvalue weighted by Crippen LogP contribution is -2.47. The predicted molar refractivity (Wildman–Crippen MR) is 96.1 cm³/mol. The van der Waals surface area contributed by atoms with Crippen LogP contribution in [0.5, 0.6) is 0 Å². The molecule has 1 saturated heterocycles. The van der Waals surface area contributed by atoms with Gasteiger partial charge >= 0.3 is 0 Å². The van der Waals surface area contributed by atoms with Crippen molar-refractivity contribution >= 4 is 17.5 Å². The van der Waals surface area contributed by atoms with E-state index in [0.717, 1.165) is 61.4 Å². The van der Waals surface area contributed by atoms with Crippen LogP contribution in [0.4, 0.5) is 11.8 Å². The monoisotopic (exact) mass is 338 g/mol. The molecular weight excluding hydrogens is 316 g/mol. The van der Waals surface area contributed by atoms with Crippen LogP contribution >= 0.6 is 0 Å². The molecule has 4 rings (SSSR count). The summed E-state index contributed by atoms with van der Waals surface area (Å²) in [4.78, 5) is 22.5. The number of anilines is 2. The Labute approximate surface area is 146 Å². The third-order valence-electron chi connectivity index (χ3n) is 4.51. The van der Waals surface area contributed by atoms with Gasteiger partial charge in [0.25, 0.3) is 5.78 Å². The van der Waals surface area contributed by atoms with Crippen LogP contribution in [0, 0.1) is 13.8 Å². The fourth-order valence-electron chi connectivity index (χ4n) is 3.23. The van der Waals surface area contributed by atoms with Gasteiger partial charge in [0.1, 0.15) is 12.1 Å². The SMILES string of the molecule is CCc1cc(N2CCN(c3nc(C)cc(C)n3)CC2)n2ncnc2n1. The first-order valence-electron chi connectivity index (χ1n) is 8.66. The summed E-state index contributed by atoms with van der Waals surface area (Å²) in [5.74, 6) is 2.54. The molecule has 3 aromatic heterocycles. The first-order chi connectivity index (χ1) is 12.1. The Bertz CT molecular complexity index is 875. The smallest absolute Gasteiger partial charge is 0.254 e. The molecule has 0 saturated carbocycles. The van der Waals surface area contributed by atoms with Gasteiger partial charge < -0.3 is 9.80 Å². The van der Waals surface area contributed by atoms with E-state index >= 15 is 0 Å². The molecule has 0 aromatic carbocycles. The zero-order chi connectivity index (χ0) is 17.4. The normalized spacial score (nSPS) is 15.2. The second-order valence-corrected chi connectivity index (χ2v) is 6.36. The molecule has 0 bridgehead atoms. The van der Waals surface area contributed by atoms with Gasteiger partial charge in [-0.05, 0) is 26.3 Å². The van der Waals surface area contributed by atoms with Crippen molar-refractivity contribution in [3.05, 3.63) is 35.5 Å². The van der Waals surface area contributed by atoms with Gasteiger partial charge in [0, 0.05) is 49.3 Å². The van der Waals surface area contributed by atoms with Gasteiger partial charge in [-0.25, -0.2) is 15.0 Å². The number of hydrogen-bond acceptors (Lipinski definition) is 7. The van der Waals surface area contributed by atoms with Gasteiger partial charge in [-0.2, -0.15) is 14.6 Å². The molecule has 3 aromatic rings. The molecule has 0 radical (unpaired) electrons. The Morgan fingerprint density at radius 1 is 0.920 bits per heavy atom. The van der Waals surface area contributed by atoms with E-state index in [1.807, 2.05) is 24.4 Å². The molecule has 0 N–H and O–H groups in total. The van der Waals surface area contributed by atoms with Gasteiger partial charge in [-0.15, -0.1) is 0 Å². The first-order valence-corrected chi connectivity index (χ1v) is 8.66. The number of aromatic nitrogens is 6. The number of fused-ring (bicyclic) bond motifs is 1. The third kappa shape index (κ3) is 2.99. The molecule has 0 aliphatic carbocycles. The number of aryl methyl sites for hydroxylation is 3. The predicted octanol–water partition coefficient (Wildman–Crippen LogP) is 1.42. The van der Waals surface area contributed by atoms with Crippen molar-refractivity contribution in [3.8, 4) is 0 Å². The Morgan fingerprint density at radius 2 is 1.60 bits per heavy atom. The van der Waals surface area contributed by atoms with Crippen LogP contribution in [0.25, 0.3) is 5.78 Å². The summed E-state index contributed by atoms with van der Waals surface area (Å²) in [5.41, 5.74) is 3.06. The van der Waals surface area contributed by atoms with Crippen LogP contribution in [0.15, 0.2) is 18.5 Å². The van der Waals surface area contributed by atoms with Crippen molar-refractivity contribution in [2.24, 2.45) is 0 Å². The fraction of sp³-hybridized carbons (Fsp3) is 0.471. The molecule has 0 spiro atoms. The molecule has 25 heavy (non-hydrogen) atoms. The van der Waals surface area contributed by atoms with E-state index in [4.69, 9.17) is 0 Å². The van der Waals surface area contributed by atoms with Gasteiger partial charge in [0.15, 0.2) is 0 Å². The van der Waals surface area contributed by atoms with E-state index < -0.39 is 0 Å². The highest BCUT2D eigenvalue weighted by molar-refractivity contribution is 5.49. The topological polar surface area (TPSA) is 75.3 Å². The highest BCUT2D eigenvalue weighted by atomic mass is 15.4. The summed E-state index contributed by atoms with van der Waals surface area (Å²) in [7, 11) is 0. The van der Waals surface area contributed by atoms with Crippen LogP contribution in [0.3, 0.4) is 0 Å². The maximum absolute atomic E-state index is 4.58. The number of nitrogens with zero attached hydrogens (tertiary/aromatic N) is 8. The summed E-state index contributed by atoms with van der Waals surface area (Å²) in [6.07, 6.45) is 2.44. The first kappa shape index (κ1) is 15.7. The minimum atomic E-state index is 0.662. The van der Waals surface area contributed by atoms with Crippen LogP contribution in [-0.2, 0) is 6.42 Å². The summed E-state index contributed by atoms with van der Waals surface area (Å²) >= 11 is 0. The summed E-state index contributed by atoms with van der Waals surface area (Å²) in [6.45, 7) is 9.66. The standard InChI is InChI=1S/C17H22N8/c1-4-14-10-15(25-16(22-14)18-11-19-25)23-5-7-24(8-6-23)17-20-12(2)9-13(3)21-17/h9-11H,4-8H2,1-3H3.